The van der Waals surface area contributed by atoms with Gasteiger partial charge in [-0.1, -0.05) is 6.08 Å². The van der Waals surface area contributed by atoms with Gasteiger partial charge in [0.05, 0.1) is 0 Å². The summed E-state index contributed by atoms with van der Waals surface area (Å²) in [6.07, 6.45) is 6.95. The minimum absolute atomic E-state index is 0.365. The maximum Gasteiger partial charge on any atom is 0.244 e. The van der Waals surface area contributed by atoms with Crippen LogP contribution in [0.3, 0.4) is 0 Å². The lowest BCUT2D eigenvalue weighted by Crippen LogP contribution is -1.75. The predicted molar refractivity (Wildman–Crippen MR) is 37.3 cm³/mol. The van der Waals surface area contributed by atoms with Crippen LogP contribution in [0.2, 0.25) is 0 Å². The van der Waals surface area contributed by atoms with E-state index in [9.17, 15) is 4.79 Å². The van der Waals surface area contributed by atoms with E-state index in [1.54, 1.807) is 0 Å². The molecule has 1 fully saturated rings. The van der Waals surface area contributed by atoms with Crippen molar-refractivity contribution in [2.75, 3.05) is 0 Å². The third-order valence-corrected chi connectivity index (χ3v) is 1.54. The van der Waals surface area contributed by atoms with Crippen molar-refractivity contribution in [3.05, 3.63) is 12.2 Å². The van der Waals surface area contributed by atoms with Crippen LogP contribution >= 0.6 is 11.6 Å². The van der Waals surface area contributed by atoms with Gasteiger partial charge in [-0.3, -0.25) is 4.79 Å². The molecule has 50 valence electrons. The molecule has 0 atom stereocenters. The molecule has 1 aliphatic rings. The normalized spacial score (nSPS) is 18.8. The second kappa shape index (κ2) is 3.02. The SMILES string of the molecule is O=C(Cl)/C=C\CC1CC1. The molecule has 0 N–H and O–H groups in total. The fraction of sp³-hybridized carbons (Fsp3) is 0.571. The highest BCUT2D eigenvalue weighted by Gasteiger charge is 2.18. The van der Waals surface area contributed by atoms with Gasteiger partial charge < -0.3 is 0 Å². The molecule has 0 aromatic rings. The minimum Gasteiger partial charge on any atom is -0.276 e. The van der Waals surface area contributed by atoms with Gasteiger partial charge in [0.25, 0.3) is 0 Å². The van der Waals surface area contributed by atoms with Crippen molar-refractivity contribution in [1.82, 2.24) is 0 Å². The van der Waals surface area contributed by atoms with Crippen molar-refractivity contribution in [3.8, 4) is 0 Å². The van der Waals surface area contributed by atoms with Gasteiger partial charge in [-0.15, -0.1) is 0 Å². The molecular weight excluding hydrogens is 136 g/mol. The quantitative estimate of drug-likeness (QED) is 0.438. The summed E-state index contributed by atoms with van der Waals surface area (Å²) in [6, 6.07) is 0. The van der Waals surface area contributed by atoms with Gasteiger partial charge in [0.15, 0.2) is 0 Å². The molecule has 1 saturated carbocycles. The molecular formula is C7H9ClO. The van der Waals surface area contributed by atoms with E-state index in [-0.39, 0.29) is 5.24 Å². The van der Waals surface area contributed by atoms with Crippen molar-refractivity contribution >= 4 is 16.8 Å². The Balaban J connectivity index is 2.08. The summed E-state index contributed by atoms with van der Waals surface area (Å²) in [6.45, 7) is 0. The zero-order valence-corrected chi connectivity index (χ0v) is 5.90. The largest absolute Gasteiger partial charge is 0.276 e. The molecule has 0 amide bonds. The van der Waals surface area contributed by atoms with Gasteiger partial charge >= 0.3 is 0 Å². The molecule has 9 heavy (non-hydrogen) atoms. The van der Waals surface area contributed by atoms with E-state index in [4.69, 9.17) is 11.6 Å². The number of halogens is 1. The highest BCUT2D eigenvalue weighted by Crippen LogP contribution is 2.32. The number of rotatable bonds is 3. The van der Waals surface area contributed by atoms with Gasteiger partial charge in [-0.05, 0) is 42.9 Å². The molecule has 2 heteroatoms. The van der Waals surface area contributed by atoms with Gasteiger partial charge in [-0.2, -0.15) is 0 Å². The van der Waals surface area contributed by atoms with E-state index in [0.29, 0.717) is 0 Å². The Morgan fingerprint density at radius 1 is 1.67 bits per heavy atom. The van der Waals surface area contributed by atoms with Gasteiger partial charge in [0.2, 0.25) is 5.24 Å². The standard InChI is InChI=1S/C7H9ClO/c8-7(9)3-1-2-6-4-5-6/h1,3,6H,2,4-5H2/b3-1-. The van der Waals surface area contributed by atoms with E-state index in [1.165, 1.54) is 18.9 Å². The van der Waals surface area contributed by atoms with Crippen molar-refractivity contribution in [2.24, 2.45) is 5.92 Å². The summed E-state index contributed by atoms with van der Waals surface area (Å²) in [5.74, 6) is 0.845. The van der Waals surface area contributed by atoms with Crippen LogP contribution in [-0.4, -0.2) is 5.24 Å². The first-order chi connectivity index (χ1) is 4.29. The molecule has 0 bridgehead atoms. The van der Waals surface area contributed by atoms with Crippen LogP contribution in [0.4, 0.5) is 0 Å². The predicted octanol–water partition coefficient (Wildman–Crippen LogP) is 2.11. The fourth-order valence-corrected chi connectivity index (χ4v) is 0.796. The number of carbonyl (C=O) groups is 1. The lowest BCUT2D eigenvalue weighted by atomic mass is 10.3. The lowest BCUT2D eigenvalue weighted by molar-refractivity contribution is -0.107. The molecule has 0 aromatic carbocycles. The molecule has 0 aromatic heterocycles. The highest BCUT2D eigenvalue weighted by atomic mass is 35.5. The Morgan fingerprint density at radius 2 is 2.33 bits per heavy atom. The van der Waals surface area contributed by atoms with Gasteiger partial charge in [0, 0.05) is 0 Å². The van der Waals surface area contributed by atoms with Crippen LogP contribution < -0.4 is 0 Å². The topological polar surface area (TPSA) is 17.1 Å². The van der Waals surface area contributed by atoms with Crippen LogP contribution in [0.5, 0.6) is 0 Å². The summed E-state index contributed by atoms with van der Waals surface area (Å²) >= 11 is 5.06. The first-order valence-corrected chi connectivity index (χ1v) is 3.53. The lowest BCUT2D eigenvalue weighted by Gasteiger charge is -1.81. The van der Waals surface area contributed by atoms with Crippen molar-refractivity contribution in [3.63, 3.8) is 0 Å². The average Bonchev–Trinajstić information content (AvgIpc) is 2.48. The Labute approximate surface area is 59.7 Å². The maximum atomic E-state index is 10.1. The molecule has 1 aliphatic carbocycles. The molecule has 0 unspecified atom stereocenters. The first-order valence-electron chi connectivity index (χ1n) is 3.15. The Kier molecular flexibility index (Phi) is 2.29. The van der Waals surface area contributed by atoms with Crippen LogP contribution in [0.1, 0.15) is 19.3 Å². The third kappa shape index (κ3) is 3.31. The van der Waals surface area contributed by atoms with E-state index in [2.05, 4.69) is 0 Å². The second-order valence-electron chi connectivity index (χ2n) is 2.39. The number of allylic oxidation sites excluding steroid dienone is 2. The molecule has 0 spiro atoms. The molecule has 1 nitrogen and oxygen atoms in total. The molecule has 0 radical (unpaired) electrons. The zero-order valence-electron chi connectivity index (χ0n) is 5.14. The zero-order chi connectivity index (χ0) is 6.69. The molecule has 1 rings (SSSR count). The number of hydrogen-bond acceptors (Lipinski definition) is 1. The number of carbonyl (C=O) groups excluding carboxylic acids is 1. The van der Waals surface area contributed by atoms with Crippen LogP contribution in [0.25, 0.3) is 0 Å². The third-order valence-electron chi connectivity index (χ3n) is 1.42. The minimum atomic E-state index is -0.365. The average molecular weight is 145 g/mol. The molecule has 0 heterocycles. The van der Waals surface area contributed by atoms with Crippen LogP contribution in [-0.2, 0) is 4.79 Å². The smallest absolute Gasteiger partial charge is 0.244 e. The Bertz CT molecular complexity index is 136. The second-order valence-corrected chi connectivity index (χ2v) is 2.76. The molecule has 0 aliphatic heterocycles. The summed E-state index contributed by atoms with van der Waals surface area (Å²) in [5.41, 5.74) is 0. The van der Waals surface area contributed by atoms with E-state index in [1.807, 2.05) is 6.08 Å². The van der Waals surface area contributed by atoms with Crippen molar-refractivity contribution in [1.29, 1.82) is 0 Å². The van der Waals surface area contributed by atoms with Crippen molar-refractivity contribution < 1.29 is 4.79 Å². The van der Waals surface area contributed by atoms with E-state index < -0.39 is 0 Å². The van der Waals surface area contributed by atoms with Gasteiger partial charge in [0.1, 0.15) is 0 Å². The first kappa shape index (κ1) is 6.81. The van der Waals surface area contributed by atoms with Crippen LogP contribution in [0, 0.1) is 5.92 Å². The van der Waals surface area contributed by atoms with Crippen LogP contribution in [0.15, 0.2) is 12.2 Å². The maximum absolute atomic E-state index is 10.1. The monoisotopic (exact) mass is 144 g/mol. The Morgan fingerprint density at radius 3 is 2.78 bits per heavy atom. The number of hydrogen-bond donors (Lipinski definition) is 0. The summed E-state index contributed by atoms with van der Waals surface area (Å²) in [7, 11) is 0. The van der Waals surface area contributed by atoms with E-state index in [0.717, 1.165) is 12.3 Å². The summed E-state index contributed by atoms with van der Waals surface area (Å²) in [5, 5.41) is -0.365. The fourth-order valence-electron chi connectivity index (χ4n) is 0.707. The van der Waals surface area contributed by atoms with Crippen molar-refractivity contribution in [2.45, 2.75) is 19.3 Å². The summed E-state index contributed by atoms with van der Waals surface area (Å²) in [4.78, 5) is 10.1. The highest BCUT2D eigenvalue weighted by molar-refractivity contribution is 6.66. The Hall–Kier alpha value is -0.300. The summed E-state index contributed by atoms with van der Waals surface area (Å²) < 4.78 is 0. The van der Waals surface area contributed by atoms with Gasteiger partial charge in [-0.25, -0.2) is 0 Å². The van der Waals surface area contributed by atoms with E-state index >= 15 is 0 Å². The molecule has 0 saturated heterocycles.